The molecule has 100 valence electrons. The van der Waals surface area contributed by atoms with Gasteiger partial charge in [-0.3, -0.25) is 4.90 Å². The molecule has 0 radical (unpaired) electrons. The van der Waals surface area contributed by atoms with Crippen LogP contribution in [0.25, 0.3) is 0 Å². The van der Waals surface area contributed by atoms with Crippen LogP contribution in [0.15, 0.2) is 0 Å². The van der Waals surface area contributed by atoms with E-state index in [1.807, 2.05) is 0 Å². The fraction of sp³-hybridized carbons (Fsp3) is 1.00. The molecular formula is C15H30N2. The third-order valence-corrected chi connectivity index (χ3v) is 5.01. The summed E-state index contributed by atoms with van der Waals surface area (Å²) in [6.45, 7) is 13.2. The zero-order valence-electron chi connectivity index (χ0n) is 12.1. The van der Waals surface area contributed by atoms with Crippen molar-refractivity contribution in [2.24, 2.45) is 11.8 Å². The van der Waals surface area contributed by atoms with Crippen LogP contribution in [0.2, 0.25) is 0 Å². The monoisotopic (exact) mass is 238 g/mol. The summed E-state index contributed by atoms with van der Waals surface area (Å²) in [5.74, 6) is 1.76. The summed E-state index contributed by atoms with van der Waals surface area (Å²) in [5, 5.41) is 3.87. The van der Waals surface area contributed by atoms with E-state index in [9.17, 15) is 0 Å². The molecule has 17 heavy (non-hydrogen) atoms. The SMILES string of the molecule is CCCN1CC(C)(C2CC2)NCC1C(C)CC. The predicted molar refractivity (Wildman–Crippen MR) is 74.2 cm³/mol. The van der Waals surface area contributed by atoms with Crippen LogP contribution in [0.4, 0.5) is 0 Å². The van der Waals surface area contributed by atoms with Crippen LogP contribution in [-0.2, 0) is 0 Å². The molecule has 2 heteroatoms. The van der Waals surface area contributed by atoms with E-state index in [-0.39, 0.29) is 0 Å². The summed E-state index contributed by atoms with van der Waals surface area (Å²) in [6.07, 6.45) is 5.47. The first kappa shape index (κ1) is 13.4. The van der Waals surface area contributed by atoms with Gasteiger partial charge in [-0.2, -0.15) is 0 Å². The molecule has 1 saturated carbocycles. The molecule has 1 saturated heterocycles. The van der Waals surface area contributed by atoms with Gasteiger partial charge in [-0.1, -0.05) is 27.2 Å². The Labute approximate surface area is 107 Å². The maximum Gasteiger partial charge on any atom is 0.0309 e. The highest BCUT2D eigenvalue weighted by Gasteiger charge is 2.46. The van der Waals surface area contributed by atoms with Gasteiger partial charge in [-0.15, -0.1) is 0 Å². The van der Waals surface area contributed by atoms with Gasteiger partial charge < -0.3 is 5.32 Å². The van der Waals surface area contributed by atoms with Crippen LogP contribution in [0.1, 0.15) is 53.4 Å². The van der Waals surface area contributed by atoms with Crippen molar-refractivity contribution in [2.45, 2.75) is 65.0 Å². The van der Waals surface area contributed by atoms with Crippen molar-refractivity contribution in [3.05, 3.63) is 0 Å². The highest BCUT2D eigenvalue weighted by Crippen LogP contribution is 2.41. The Morgan fingerprint density at radius 3 is 2.59 bits per heavy atom. The van der Waals surface area contributed by atoms with Crippen molar-refractivity contribution < 1.29 is 0 Å². The molecule has 2 fully saturated rings. The van der Waals surface area contributed by atoms with E-state index in [2.05, 4.69) is 37.9 Å². The van der Waals surface area contributed by atoms with Gasteiger partial charge in [0.2, 0.25) is 0 Å². The van der Waals surface area contributed by atoms with Gasteiger partial charge in [-0.05, 0) is 44.6 Å². The van der Waals surface area contributed by atoms with Crippen LogP contribution in [0.3, 0.4) is 0 Å². The van der Waals surface area contributed by atoms with E-state index in [1.54, 1.807) is 0 Å². The molecule has 2 nitrogen and oxygen atoms in total. The number of nitrogens with one attached hydrogen (secondary N) is 1. The summed E-state index contributed by atoms with van der Waals surface area (Å²) < 4.78 is 0. The Morgan fingerprint density at radius 2 is 2.06 bits per heavy atom. The van der Waals surface area contributed by atoms with Gasteiger partial charge in [-0.25, -0.2) is 0 Å². The molecule has 1 heterocycles. The van der Waals surface area contributed by atoms with E-state index in [0.29, 0.717) is 5.54 Å². The second kappa shape index (κ2) is 5.27. The number of hydrogen-bond acceptors (Lipinski definition) is 2. The Bertz CT molecular complexity index is 249. The second-order valence-corrected chi connectivity index (χ2v) is 6.50. The van der Waals surface area contributed by atoms with Crippen LogP contribution < -0.4 is 5.32 Å². The van der Waals surface area contributed by atoms with Crippen molar-refractivity contribution in [1.29, 1.82) is 0 Å². The van der Waals surface area contributed by atoms with Gasteiger partial charge >= 0.3 is 0 Å². The lowest BCUT2D eigenvalue weighted by molar-refractivity contribution is 0.0476. The molecule has 1 aliphatic carbocycles. The second-order valence-electron chi connectivity index (χ2n) is 6.50. The Kier molecular flexibility index (Phi) is 4.14. The average molecular weight is 238 g/mol. The molecule has 0 aromatic carbocycles. The molecular weight excluding hydrogens is 208 g/mol. The molecule has 2 rings (SSSR count). The zero-order chi connectivity index (χ0) is 12.5. The minimum Gasteiger partial charge on any atom is -0.308 e. The minimum absolute atomic E-state index is 0.402. The molecule has 0 bridgehead atoms. The normalized spacial score (nSPS) is 37.1. The minimum atomic E-state index is 0.402. The van der Waals surface area contributed by atoms with Crippen LogP contribution in [0, 0.1) is 11.8 Å². The van der Waals surface area contributed by atoms with E-state index in [0.717, 1.165) is 17.9 Å². The van der Waals surface area contributed by atoms with Gasteiger partial charge in [0.15, 0.2) is 0 Å². The summed E-state index contributed by atoms with van der Waals surface area (Å²) in [5.41, 5.74) is 0.402. The Balaban J connectivity index is 2.01. The summed E-state index contributed by atoms with van der Waals surface area (Å²) in [4.78, 5) is 2.77. The highest BCUT2D eigenvalue weighted by atomic mass is 15.3. The Morgan fingerprint density at radius 1 is 1.35 bits per heavy atom. The summed E-state index contributed by atoms with van der Waals surface area (Å²) >= 11 is 0. The maximum absolute atomic E-state index is 3.87. The third kappa shape index (κ3) is 2.85. The first-order valence-corrected chi connectivity index (χ1v) is 7.59. The lowest BCUT2D eigenvalue weighted by Crippen LogP contribution is -2.65. The van der Waals surface area contributed by atoms with Crippen molar-refractivity contribution in [1.82, 2.24) is 10.2 Å². The number of hydrogen-bond donors (Lipinski definition) is 1. The number of nitrogens with zero attached hydrogens (tertiary/aromatic N) is 1. The summed E-state index contributed by atoms with van der Waals surface area (Å²) in [7, 11) is 0. The average Bonchev–Trinajstić information content (AvgIpc) is 3.13. The molecule has 0 aromatic heterocycles. The van der Waals surface area contributed by atoms with E-state index in [4.69, 9.17) is 0 Å². The zero-order valence-corrected chi connectivity index (χ0v) is 12.1. The van der Waals surface area contributed by atoms with Gasteiger partial charge in [0.05, 0.1) is 0 Å². The fourth-order valence-corrected chi connectivity index (χ4v) is 3.42. The highest BCUT2D eigenvalue weighted by molar-refractivity contribution is 5.04. The molecule has 2 aliphatic rings. The summed E-state index contributed by atoms with van der Waals surface area (Å²) in [6, 6.07) is 0.756. The molecule has 3 unspecified atom stereocenters. The lowest BCUT2D eigenvalue weighted by atomic mass is 9.87. The quantitative estimate of drug-likeness (QED) is 0.792. The third-order valence-electron chi connectivity index (χ3n) is 5.01. The first-order chi connectivity index (χ1) is 8.10. The van der Waals surface area contributed by atoms with E-state index in [1.165, 1.54) is 45.3 Å². The first-order valence-electron chi connectivity index (χ1n) is 7.59. The van der Waals surface area contributed by atoms with E-state index >= 15 is 0 Å². The standard InChI is InChI=1S/C15H30N2/c1-5-9-17-11-15(4,13-7-8-13)16-10-14(17)12(3)6-2/h12-14,16H,5-11H2,1-4H3. The molecule has 1 aliphatic heterocycles. The smallest absolute Gasteiger partial charge is 0.0309 e. The number of rotatable bonds is 5. The van der Waals surface area contributed by atoms with Crippen molar-refractivity contribution >= 4 is 0 Å². The van der Waals surface area contributed by atoms with Crippen molar-refractivity contribution in [3.8, 4) is 0 Å². The van der Waals surface area contributed by atoms with Crippen LogP contribution >= 0.6 is 0 Å². The van der Waals surface area contributed by atoms with Gasteiger partial charge in [0, 0.05) is 24.7 Å². The molecule has 0 spiro atoms. The van der Waals surface area contributed by atoms with Crippen molar-refractivity contribution in [3.63, 3.8) is 0 Å². The predicted octanol–water partition coefficient (Wildman–Crippen LogP) is 2.89. The van der Waals surface area contributed by atoms with Crippen LogP contribution in [0.5, 0.6) is 0 Å². The topological polar surface area (TPSA) is 15.3 Å². The van der Waals surface area contributed by atoms with Crippen molar-refractivity contribution in [2.75, 3.05) is 19.6 Å². The molecule has 3 atom stereocenters. The largest absolute Gasteiger partial charge is 0.308 e. The lowest BCUT2D eigenvalue weighted by Gasteiger charge is -2.48. The van der Waals surface area contributed by atoms with Crippen LogP contribution in [-0.4, -0.2) is 36.1 Å². The molecule has 0 amide bonds. The number of piperazine rings is 1. The fourth-order valence-electron chi connectivity index (χ4n) is 3.42. The molecule has 0 aromatic rings. The van der Waals surface area contributed by atoms with E-state index < -0.39 is 0 Å². The molecule has 1 N–H and O–H groups in total. The Hall–Kier alpha value is -0.0800. The van der Waals surface area contributed by atoms with Gasteiger partial charge in [0.25, 0.3) is 0 Å². The van der Waals surface area contributed by atoms with Gasteiger partial charge in [0.1, 0.15) is 0 Å². The maximum atomic E-state index is 3.87.